The van der Waals surface area contributed by atoms with Gasteiger partial charge in [-0.1, -0.05) is 43.0 Å². The first-order chi connectivity index (χ1) is 5.90. The quantitative estimate of drug-likeness (QED) is 0.589. The maximum Gasteiger partial charge on any atom is -0.00990 e. The Morgan fingerprint density at radius 3 is 3.00 bits per heavy atom. The van der Waals surface area contributed by atoms with E-state index in [1.807, 2.05) is 18.2 Å². The summed E-state index contributed by atoms with van der Waals surface area (Å²) in [6, 6.07) is 15.4. The molecule has 12 heavy (non-hydrogen) atoms. The minimum absolute atomic E-state index is 1.14. The Balaban J connectivity index is 2.75. The van der Waals surface area contributed by atoms with Gasteiger partial charge in [0.1, 0.15) is 0 Å². The molecule has 0 aliphatic heterocycles. The fourth-order valence-electron chi connectivity index (χ4n) is 1.26. The van der Waals surface area contributed by atoms with Crippen molar-refractivity contribution in [1.82, 2.24) is 0 Å². The van der Waals surface area contributed by atoms with Crippen LogP contribution in [0.3, 0.4) is 0 Å². The second-order valence-corrected chi connectivity index (χ2v) is 2.72. The highest BCUT2D eigenvalue weighted by atomic mass is 14.0. The Hall–Kier alpha value is -1.56. The maximum absolute atomic E-state index is 3.72. The molecule has 0 bridgehead atoms. The first-order valence-electron chi connectivity index (χ1n) is 3.93. The van der Waals surface area contributed by atoms with E-state index in [1.165, 1.54) is 5.39 Å². The van der Waals surface area contributed by atoms with Crippen LogP contribution in [0.1, 0.15) is 5.56 Å². The lowest BCUT2D eigenvalue weighted by Gasteiger charge is -1.97. The van der Waals surface area contributed by atoms with Crippen molar-refractivity contribution in [3.05, 3.63) is 54.6 Å². The van der Waals surface area contributed by atoms with Gasteiger partial charge in [-0.3, -0.25) is 0 Å². The SMILES string of the molecule is C=Cc1ccc2ccc[c]c2c1. The smallest absolute Gasteiger partial charge is 0.00990 e. The third-order valence-corrected chi connectivity index (χ3v) is 1.92. The van der Waals surface area contributed by atoms with Crippen molar-refractivity contribution in [2.45, 2.75) is 0 Å². The highest BCUT2D eigenvalue weighted by molar-refractivity contribution is 5.83. The summed E-state index contributed by atoms with van der Waals surface area (Å²) in [5.74, 6) is 0. The summed E-state index contributed by atoms with van der Waals surface area (Å²) in [5, 5.41) is 2.37. The summed E-state index contributed by atoms with van der Waals surface area (Å²) in [5.41, 5.74) is 1.14. The molecule has 0 unspecified atom stereocenters. The average Bonchev–Trinajstić information content (AvgIpc) is 2.17. The molecule has 0 aromatic heterocycles. The van der Waals surface area contributed by atoms with Crippen molar-refractivity contribution < 1.29 is 0 Å². The second-order valence-electron chi connectivity index (χ2n) is 2.72. The largest absolute Gasteiger partial charge is 0.0985 e. The van der Waals surface area contributed by atoms with Crippen molar-refractivity contribution in [1.29, 1.82) is 0 Å². The topological polar surface area (TPSA) is 0 Å². The minimum atomic E-state index is 1.14. The molecule has 0 atom stereocenters. The van der Waals surface area contributed by atoms with E-state index in [2.05, 4.69) is 36.9 Å². The molecule has 0 heterocycles. The third-order valence-electron chi connectivity index (χ3n) is 1.92. The van der Waals surface area contributed by atoms with Crippen LogP contribution in [0.15, 0.2) is 43.0 Å². The predicted octanol–water partition coefficient (Wildman–Crippen LogP) is 3.28. The van der Waals surface area contributed by atoms with Crippen LogP contribution in [-0.2, 0) is 0 Å². The third kappa shape index (κ3) is 1.12. The number of rotatable bonds is 1. The summed E-state index contributed by atoms with van der Waals surface area (Å²) in [4.78, 5) is 0. The van der Waals surface area contributed by atoms with Crippen LogP contribution in [0.4, 0.5) is 0 Å². The Labute approximate surface area is 72.2 Å². The standard InChI is InChI=1S/C12H9/c1-2-10-7-8-11-5-3-4-6-12(11)9-10/h2-5,7-9H,1H2. The van der Waals surface area contributed by atoms with Gasteiger partial charge in [0, 0.05) is 0 Å². The zero-order chi connectivity index (χ0) is 8.39. The lowest BCUT2D eigenvalue weighted by atomic mass is 10.1. The molecule has 0 N–H and O–H groups in total. The number of benzene rings is 2. The van der Waals surface area contributed by atoms with Crippen LogP contribution in [-0.4, -0.2) is 0 Å². The van der Waals surface area contributed by atoms with E-state index in [9.17, 15) is 0 Å². The fourth-order valence-corrected chi connectivity index (χ4v) is 1.26. The van der Waals surface area contributed by atoms with Crippen LogP contribution in [0.25, 0.3) is 16.8 Å². The Morgan fingerprint density at radius 1 is 1.25 bits per heavy atom. The summed E-state index contributed by atoms with van der Waals surface area (Å²) >= 11 is 0. The highest BCUT2D eigenvalue weighted by Crippen LogP contribution is 2.15. The Morgan fingerprint density at radius 2 is 2.17 bits per heavy atom. The van der Waals surface area contributed by atoms with Crippen LogP contribution in [0.2, 0.25) is 0 Å². The maximum atomic E-state index is 3.72. The molecular formula is C12H9. The summed E-state index contributed by atoms with van der Waals surface area (Å²) in [6.45, 7) is 3.72. The van der Waals surface area contributed by atoms with Gasteiger partial charge in [-0.2, -0.15) is 0 Å². The fraction of sp³-hybridized carbons (Fsp3) is 0. The van der Waals surface area contributed by atoms with E-state index in [4.69, 9.17) is 0 Å². The van der Waals surface area contributed by atoms with Gasteiger partial charge in [-0.15, -0.1) is 0 Å². The molecule has 0 amide bonds. The monoisotopic (exact) mass is 153 g/mol. The summed E-state index contributed by atoms with van der Waals surface area (Å²) in [6.07, 6.45) is 1.85. The zero-order valence-electron chi connectivity index (χ0n) is 6.75. The molecule has 2 rings (SSSR count). The van der Waals surface area contributed by atoms with Gasteiger partial charge in [0.15, 0.2) is 0 Å². The lowest BCUT2D eigenvalue weighted by molar-refractivity contribution is 1.70. The Kier molecular flexibility index (Phi) is 1.67. The van der Waals surface area contributed by atoms with Gasteiger partial charge in [-0.05, 0) is 28.5 Å². The van der Waals surface area contributed by atoms with Crippen LogP contribution >= 0.6 is 0 Å². The van der Waals surface area contributed by atoms with E-state index in [-0.39, 0.29) is 0 Å². The summed E-state index contributed by atoms with van der Waals surface area (Å²) in [7, 11) is 0. The number of hydrogen-bond donors (Lipinski definition) is 0. The minimum Gasteiger partial charge on any atom is -0.0985 e. The first kappa shape index (κ1) is 7.11. The van der Waals surface area contributed by atoms with Crippen molar-refractivity contribution in [3.63, 3.8) is 0 Å². The van der Waals surface area contributed by atoms with Gasteiger partial charge in [0.25, 0.3) is 0 Å². The van der Waals surface area contributed by atoms with E-state index in [0.29, 0.717) is 0 Å². The van der Waals surface area contributed by atoms with Crippen molar-refractivity contribution in [3.8, 4) is 0 Å². The van der Waals surface area contributed by atoms with Crippen LogP contribution < -0.4 is 0 Å². The molecule has 0 fully saturated rings. The van der Waals surface area contributed by atoms with Gasteiger partial charge in [0.05, 0.1) is 0 Å². The van der Waals surface area contributed by atoms with Gasteiger partial charge in [-0.25, -0.2) is 0 Å². The van der Waals surface area contributed by atoms with Crippen LogP contribution in [0, 0.1) is 6.07 Å². The molecule has 0 spiro atoms. The van der Waals surface area contributed by atoms with Gasteiger partial charge < -0.3 is 0 Å². The van der Waals surface area contributed by atoms with Crippen molar-refractivity contribution >= 4 is 16.8 Å². The molecule has 0 saturated carbocycles. The molecule has 0 aliphatic carbocycles. The van der Waals surface area contributed by atoms with E-state index >= 15 is 0 Å². The molecular weight excluding hydrogens is 144 g/mol. The first-order valence-corrected chi connectivity index (χ1v) is 3.93. The van der Waals surface area contributed by atoms with E-state index in [1.54, 1.807) is 0 Å². The normalized spacial score (nSPS) is 10.0. The molecule has 0 nitrogen and oxygen atoms in total. The highest BCUT2D eigenvalue weighted by Gasteiger charge is 1.91. The number of fused-ring (bicyclic) bond motifs is 1. The van der Waals surface area contributed by atoms with Gasteiger partial charge >= 0.3 is 0 Å². The molecule has 1 radical (unpaired) electrons. The van der Waals surface area contributed by atoms with E-state index < -0.39 is 0 Å². The number of hydrogen-bond acceptors (Lipinski definition) is 0. The molecule has 0 aliphatic rings. The molecule has 57 valence electrons. The summed E-state index contributed by atoms with van der Waals surface area (Å²) < 4.78 is 0. The van der Waals surface area contributed by atoms with Gasteiger partial charge in [0.2, 0.25) is 0 Å². The predicted molar refractivity (Wildman–Crippen MR) is 52.9 cm³/mol. The molecule has 0 saturated heterocycles. The zero-order valence-corrected chi connectivity index (χ0v) is 6.75. The average molecular weight is 153 g/mol. The van der Waals surface area contributed by atoms with E-state index in [0.717, 1.165) is 10.9 Å². The van der Waals surface area contributed by atoms with Crippen molar-refractivity contribution in [2.75, 3.05) is 0 Å². The molecule has 2 aromatic carbocycles. The van der Waals surface area contributed by atoms with Crippen LogP contribution in [0.5, 0.6) is 0 Å². The lowest BCUT2D eigenvalue weighted by Crippen LogP contribution is -1.74. The Bertz CT molecular complexity index is 413. The second kappa shape index (κ2) is 2.82. The molecule has 0 heteroatoms. The molecule has 2 aromatic rings. The van der Waals surface area contributed by atoms with Crippen molar-refractivity contribution in [2.24, 2.45) is 0 Å².